The number of carbonyl (C=O) groups excluding carboxylic acids is 1. The fourth-order valence-electron chi connectivity index (χ4n) is 4.89. The molecule has 1 fully saturated rings. The lowest BCUT2D eigenvalue weighted by molar-refractivity contribution is -0.129. The zero-order valence-corrected chi connectivity index (χ0v) is 23.7. The number of nitrogens with one attached hydrogen (secondary N) is 2. The Balaban J connectivity index is 1.54. The minimum atomic E-state index is -2.36. The second kappa shape index (κ2) is 9.65. The summed E-state index contributed by atoms with van der Waals surface area (Å²) >= 11 is 3.55. The second-order valence-electron chi connectivity index (χ2n) is 10.2. The van der Waals surface area contributed by atoms with Crippen LogP contribution in [0.5, 0.6) is 0 Å². The average molecular weight is 582 g/mol. The quantitative estimate of drug-likeness (QED) is 0.291. The van der Waals surface area contributed by atoms with Crippen LogP contribution < -0.4 is 10.6 Å². The Bertz CT molecular complexity index is 1590. The number of hydrogen-bond acceptors (Lipinski definition) is 7. The Kier molecular flexibility index (Phi) is 6.66. The normalized spacial score (nSPS) is 20.2. The number of aromatic nitrogens is 5. The third-order valence-corrected chi connectivity index (χ3v) is 8.26. The molecule has 0 aliphatic heterocycles. The van der Waals surface area contributed by atoms with Gasteiger partial charge in [0, 0.05) is 41.8 Å². The van der Waals surface area contributed by atoms with Crippen LogP contribution >= 0.6 is 23.1 Å². The van der Waals surface area contributed by atoms with E-state index in [2.05, 4.69) is 36.5 Å². The molecule has 3 aromatic heterocycles. The van der Waals surface area contributed by atoms with Gasteiger partial charge in [-0.05, 0) is 78.6 Å². The van der Waals surface area contributed by atoms with Crippen LogP contribution in [-0.2, 0) is 9.36 Å². The largest absolute Gasteiger partial charge is 0.359 e. The topological polar surface area (TPSA) is 115 Å². The number of carbonyl (C=O) groups is 1. The predicted molar refractivity (Wildman–Crippen MR) is 152 cm³/mol. The van der Waals surface area contributed by atoms with Crippen molar-refractivity contribution in [2.45, 2.75) is 32.2 Å². The van der Waals surface area contributed by atoms with Gasteiger partial charge in [0.05, 0.1) is 16.6 Å². The molecule has 3 heterocycles. The van der Waals surface area contributed by atoms with Crippen molar-refractivity contribution in [1.82, 2.24) is 30.0 Å². The van der Waals surface area contributed by atoms with E-state index in [0.29, 0.717) is 22.6 Å². The summed E-state index contributed by atoms with van der Waals surface area (Å²) in [6, 6.07) is 7.96. The third-order valence-electron chi connectivity index (χ3n) is 6.81. The third kappa shape index (κ3) is 5.18. The van der Waals surface area contributed by atoms with E-state index < -0.39 is 12.6 Å². The molecular formula is C26H29BrN7O2P. The van der Waals surface area contributed by atoms with E-state index in [1.165, 1.54) is 0 Å². The molecule has 11 heteroatoms. The van der Waals surface area contributed by atoms with Crippen LogP contribution in [0.3, 0.4) is 0 Å². The second-order valence-corrected chi connectivity index (χ2v) is 14.1. The molecule has 2 N–H and O–H groups in total. The summed E-state index contributed by atoms with van der Waals surface area (Å²) in [6.45, 7) is 5.46. The number of anilines is 1. The maximum absolute atomic E-state index is 12.4. The van der Waals surface area contributed by atoms with E-state index in [0.717, 1.165) is 40.4 Å². The standard InChI is InChI=1S/C26H29BrN7O2P/c1-26(24(35)28-2)9-7-18(14-26)31-25-30-15-20-22(27)33-34(23(20)32-25)19-12-16-6-5-10-29-21(16)17(13-19)8-11-37(3,4)36/h5-6,8,10-13,15,18H,7,9,14H2,1-4H3,(H,28,35)(H,30,31,32)/b11-8+/t18-,26-/m1/s1. The molecule has 5 rings (SSSR count). The number of amides is 1. The van der Waals surface area contributed by atoms with Gasteiger partial charge in [-0.2, -0.15) is 10.1 Å². The van der Waals surface area contributed by atoms with E-state index in [-0.39, 0.29) is 11.9 Å². The highest BCUT2D eigenvalue weighted by Crippen LogP contribution is 2.40. The van der Waals surface area contributed by atoms with Crippen molar-refractivity contribution in [3.8, 4) is 5.69 Å². The summed E-state index contributed by atoms with van der Waals surface area (Å²) < 4.78 is 14.8. The van der Waals surface area contributed by atoms with Crippen molar-refractivity contribution >= 4 is 62.9 Å². The molecule has 1 aliphatic rings. The molecule has 0 unspecified atom stereocenters. The van der Waals surface area contributed by atoms with Crippen LogP contribution in [0, 0.1) is 5.41 Å². The molecule has 0 spiro atoms. The lowest BCUT2D eigenvalue weighted by Crippen LogP contribution is -2.35. The predicted octanol–water partition coefficient (Wildman–Crippen LogP) is 5.44. The van der Waals surface area contributed by atoms with Crippen molar-refractivity contribution < 1.29 is 9.36 Å². The summed E-state index contributed by atoms with van der Waals surface area (Å²) in [7, 11) is -0.684. The van der Waals surface area contributed by atoms with Crippen LogP contribution in [0.25, 0.3) is 33.7 Å². The molecule has 1 aromatic carbocycles. The molecule has 0 radical (unpaired) electrons. The number of halogens is 1. The van der Waals surface area contributed by atoms with E-state index >= 15 is 0 Å². The number of benzene rings is 1. The van der Waals surface area contributed by atoms with Gasteiger partial charge < -0.3 is 15.2 Å². The Hall–Kier alpha value is -3.10. The summed E-state index contributed by atoms with van der Waals surface area (Å²) in [5.74, 6) is 2.30. The Morgan fingerprint density at radius 1 is 1.30 bits per heavy atom. The van der Waals surface area contributed by atoms with Crippen LogP contribution in [0.15, 0.2) is 47.1 Å². The van der Waals surface area contributed by atoms with Gasteiger partial charge in [-0.15, -0.1) is 0 Å². The molecule has 1 saturated carbocycles. The zero-order valence-electron chi connectivity index (χ0n) is 21.2. The number of fused-ring (bicyclic) bond motifs is 2. The molecule has 192 valence electrons. The highest BCUT2D eigenvalue weighted by atomic mass is 79.9. The molecular weight excluding hydrogens is 553 g/mol. The van der Waals surface area contributed by atoms with Gasteiger partial charge in [-0.3, -0.25) is 9.78 Å². The van der Waals surface area contributed by atoms with Gasteiger partial charge >= 0.3 is 0 Å². The number of rotatable bonds is 6. The zero-order chi connectivity index (χ0) is 26.4. The van der Waals surface area contributed by atoms with E-state index in [1.54, 1.807) is 43.3 Å². The Morgan fingerprint density at radius 3 is 2.86 bits per heavy atom. The van der Waals surface area contributed by atoms with Crippen molar-refractivity contribution in [2.24, 2.45) is 5.41 Å². The van der Waals surface area contributed by atoms with E-state index in [4.69, 9.17) is 10.1 Å². The summed E-state index contributed by atoms with van der Waals surface area (Å²) in [5, 5.41) is 12.6. The van der Waals surface area contributed by atoms with Crippen molar-refractivity contribution in [3.05, 3.63) is 52.6 Å². The molecule has 2 atom stereocenters. The van der Waals surface area contributed by atoms with Gasteiger partial charge in [0.15, 0.2) is 5.65 Å². The fraction of sp³-hybridized carbons (Fsp3) is 0.346. The fourth-order valence-corrected chi connectivity index (χ4v) is 5.84. The van der Waals surface area contributed by atoms with Crippen molar-refractivity contribution in [2.75, 3.05) is 25.7 Å². The van der Waals surface area contributed by atoms with Gasteiger partial charge in [0.1, 0.15) is 11.7 Å². The SMILES string of the molecule is CNC(=O)[C@]1(C)CC[C@@H](Nc2ncc3c(Br)nn(-c4cc(/C=C/P(C)(C)=O)c5ncccc5c4)c3n2)C1. The van der Waals surface area contributed by atoms with Crippen LogP contribution in [-0.4, -0.2) is 57.1 Å². The highest BCUT2D eigenvalue weighted by molar-refractivity contribution is 9.10. The summed E-state index contributed by atoms with van der Waals surface area (Å²) in [5.41, 5.74) is 2.72. The average Bonchev–Trinajstić information content (AvgIpc) is 3.41. The first-order chi connectivity index (χ1) is 17.6. The Morgan fingerprint density at radius 2 is 2.11 bits per heavy atom. The van der Waals surface area contributed by atoms with Crippen molar-refractivity contribution in [3.63, 3.8) is 0 Å². The monoisotopic (exact) mass is 581 g/mol. The maximum atomic E-state index is 12.4. The first-order valence-electron chi connectivity index (χ1n) is 12.1. The van der Waals surface area contributed by atoms with Gasteiger partial charge in [0.25, 0.3) is 0 Å². The lowest BCUT2D eigenvalue weighted by atomic mass is 9.87. The maximum Gasteiger partial charge on any atom is 0.225 e. The smallest absolute Gasteiger partial charge is 0.225 e. The first kappa shape index (κ1) is 25.5. The molecule has 1 amide bonds. The summed E-state index contributed by atoms with van der Waals surface area (Å²) in [4.78, 5) is 26.2. The minimum absolute atomic E-state index is 0.0633. The lowest BCUT2D eigenvalue weighted by Gasteiger charge is -2.22. The van der Waals surface area contributed by atoms with E-state index in [9.17, 15) is 9.36 Å². The number of nitrogens with zero attached hydrogens (tertiary/aromatic N) is 5. The van der Waals surface area contributed by atoms with Gasteiger partial charge in [-0.1, -0.05) is 13.0 Å². The Labute approximate surface area is 223 Å². The summed E-state index contributed by atoms with van der Waals surface area (Å²) in [6.07, 6.45) is 7.74. The first-order valence-corrected chi connectivity index (χ1v) is 15.6. The van der Waals surface area contributed by atoms with Crippen LogP contribution in [0.4, 0.5) is 5.95 Å². The van der Waals surface area contributed by atoms with E-state index in [1.807, 2.05) is 37.3 Å². The molecule has 0 bridgehead atoms. The van der Waals surface area contributed by atoms with Gasteiger partial charge in [-0.25, -0.2) is 9.67 Å². The van der Waals surface area contributed by atoms with Crippen LogP contribution in [0.2, 0.25) is 0 Å². The van der Waals surface area contributed by atoms with Crippen molar-refractivity contribution in [1.29, 1.82) is 0 Å². The molecule has 1 aliphatic carbocycles. The highest BCUT2D eigenvalue weighted by Gasteiger charge is 2.41. The number of pyridine rings is 1. The number of hydrogen-bond donors (Lipinski definition) is 2. The molecule has 0 saturated heterocycles. The van der Waals surface area contributed by atoms with Crippen LogP contribution in [0.1, 0.15) is 31.7 Å². The molecule has 9 nitrogen and oxygen atoms in total. The molecule has 4 aromatic rings. The molecule has 37 heavy (non-hydrogen) atoms. The van der Waals surface area contributed by atoms with Gasteiger partial charge in [0.2, 0.25) is 11.9 Å². The minimum Gasteiger partial charge on any atom is -0.359 e.